The molecule has 0 fully saturated rings. The highest BCUT2D eigenvalue weighted by atomic mass is 16.6. The first kappa shape index (κ1) is 20.6. The fourth-order valence-corrected chi connectivity index (χ4v) is 2.58. The van der Waals surface area contributed by atoms with Crippen molar-refractivity contribution in [3.8, 4) is 11.5 Å². The van der Waals surface area contributed by atoms with Gasteiger partial charge in [0.2, 0.25) is 0 Å². The van der Waals surface area contributed by atoms with E-state index in [-0.39, 0.29) is 18.0 Å². The molecule has 2 N–H and O–H groups in total. The molecule has 1 unspecified atom stereocenters. The van der Waals surface area contributed by atoms with Gasteiger partial charge in [-0.25, -0.2) is 0 Å². The first-order chi connectivity index (χ1) is 14.4. The van der Waals surface area contributed by atoms with Crippen molar-refractivity contribution in [2.24, 2.45) is 0 Å². The summed E-state index contributed by atoms with van der Waals surface area (Å²) >= 11 is 0. The number of benzene rings is 3. The highest BCUT2D eigenvalue weighted by Gasteiger charge is 2.16. The number of rotatable bonds is 7. The molecular formula is C21H19N3O6. The molecule has 9 nitrogen and oxygen atoms in total. The van der Waals surface area contributed by atoms with Crippen molar-refractivity contribution < 1.29 is 24.0 Å². The van der Waals surface area contributed by atoms with Gasteiger partial charge in [-0.2, -0.15) is 0 Å². The summed E-state index contributed by atoms with van der Waals surface area (Å²) in [5.41, 5.74) is 4.41. The van der Waals surface area contributed by atoms with Gasteiger partial charge in [-0.05, 0) is 42.0 Å². The summed E-state index contributed by atoms with van der Waals surface area (Å²) in [7, 11) is 0. The molecule has 154 valence electrons. The molecule has 0 radical (unpaired) electrons. The van der Waals surface area contributed by atoms with Crippen molar-refractivity contribution >= 4 is 28.3 Å². The number of hydrogen-bond acceptors (Lipinski definition) is 6. The summed E-state index contributed by atoms with van der Waals surface area (Å²) in [6, 6.07) is 18.5. The van der Waals surface area contributed by atoms with Crippen LogP contribution < -0.4 is 20.3 Å². The number of carbonyl (C=O) groups is 2. The fraction of sp³-hybridized carbons (Fsp3) is 0.143. The maximum absolute atomic E-state index is 12.0. The number of fused-ring (bicyclic) bond motifs is 1. The van der Waals surface area contributed by atoms with Gasteiger partial charge in [-0.1, -0.05) is 30.3 Å². The third-order valence-electron chi connectivity index (χ3n) is 4.15. The smallest absolute Gasteiger partial charge is 0.279 e. The van der Waals surface area contributed by atoms with Crippen molar-refractivity contribution in [1.29, 1.82) is 0 Å². The van der Waals surface area contributed by atoms with Crippen LogP contribution in [0.2, 0.25) is 0 Å². The number of hydrogen-bond donors (Lipinski definition) is 2. The number of carbonyl (C=O) groups excluding carboxylic acids is 2. The molecule has 3 aromatic carbocycles. The second-order valence-electron chi connectivity index (χ2n) is 6.35. The minimum Gasteiger partial charge on any atom is -0.484 e. The average Bonchev–Trinajstić information content (AvgIpc) is 2.76. The average molecular weight is 409 g/mol. The molecule has 2 amide bonds. The van der Waals surface area contributed by atoms with E-state index in [1.165, 1.54) is 31.2 Å². The highest BCUT2D eigenvalue weighted by molar-refractivity contribution is 5.86. The van der Waals surface area contributed by atoms with Crippen molar-refractivity contribution in [2.75, 3.05) is 6.61 Å². The predicted molar refractivity (Wildman–Crippen MR) is 109 cm³/mol. The molecule has 0 bridgehead atoms. The topological polar surface area (TPSA) is 120 Å². The molecule has 3 aromatic rings. The van der Waals surface area contributed by atoms with Gasteiger partial charge in [0.25, 0.3) is 17.5 Å². The van der Waals surface area contributed by atoms with Crippen LogP contribution in [0.15, 0.2) is 66.7 Å². The summed E-state index contributed by atoms with van der Waals surface area (Å²) in [4.78, 5) is 34.1. The Kier molecular flexibility index (Phi) is 6.43. The molecule has 0 aliphatic heterocycles. The molecule has 0 saturated heterocycles. The molecule has 0 aromatic heterocycles. The first-order valence-corrected chi connectivity index (χ1v) is 9.04. The normalized spacial score (nSPS) is 11.4. The van der Waals surface area contributed by atoms with Crippen LogP contribution in [0, 0.1) is 10.1 Å². The van der Waals surface area contributed by atoms with E-state index in [2.05, 4.69) is 10.9 Å². The van der Waals surface area contributed by atoms with Crippen LogP contribution in [-0.2, 0) is 9.59 Å². The molecule has 9 heteroatoms. The fourth-order valence-electron chi connectivity index (χ4n) is 2.58. The summed E-state index contributed by atoms with van der Waals surface area (Å²) in [6.07, 6.45) is -0.937. The summed E-state index contributed by atoms with van der Waals surface area (Å²) in [5.74, 6) is -0.314. The molecule has 0 aliphatic rings. The van der Waals surface area contributed by atoms with E-state index in [1.807, 2.05) is 36.4 Å². The van der Waals surface area contributed by atoms with E-state index in [4.69, 9.17) is 9.47 Å². The van der Waals surface area contributed by atoms with Gasteiger partial charge < -0.3 is 9.47 Å². The van der Waals surface area contributed by atoms with Gasteiger partial charge in [-0.3, -0.25) is 30.6 Å². The van der Waals surface area contributed by atoms with E-state index in [0.29, 0.717) is 5.75 Å². The van der Waals surface area contributed by atoms with Gasteiger partial charge >= 0.3 is 0 Å². The second kappa shape index (κ2) is 9.37. The second-order valence-corrected chi connectivity index (χ2v) is 6.35. The van der Waals surface area contributed by atoms with Gasteiger partial charge in [0.05, 0.1) is 4.92 Å². The number of hydrazine groups is 1. The first-order valence-electron chi connectivity index (χ1n) is 9.04. The molecule has 30 heavy (non-hydrogen) atoms. The Morgan fingerprint density at radius 3 is 2.33 bits per heavy atom. The third-order valence-corrected chi connectivity index (χ3v) is 4.15. The largest absolute Gasteiger partial charge is 0.484 e. The molecule has 0 spiro atoms. The quantitative estimate of drug-likeness (QED) is 0.457. The Morgan fingerprint density at radius 1 is 0.967 bits per heavy atom. The number of nitrogens with zero attached hydrogens (tertiary/aromatic N) is 1. The zero-order valence-corrected chi connectivity index (χ0v) is 16.0. The molecule has 3 rings (SSSR count). The third kappa shape index (κ3) is 5.44. The maximum atomic E-state index is 12.0. The van der Waals surface area contributed by atoms with Crippen LogP contribution >= 0.6 is 0 Å². The van der Waals surface area contributed by atoms with E-state index < -0.39 is 22.8 Å². The van der Waals surface area contributed by atoms with Crippen LogP contribution in [0.4, 0.5) is 5.69 Å². The van der Waals surface area contributed by atoms with Gasteiger partial charge in [-0.15, -0.1) is 0 Å². The lowest BCUT2D eigenvalue weighted by Crippen LogP contribution is -2.48. The van der Waals surface area contributed by atoms with Crippen LogP contribution in [-0.4, -0.2) is 29.4 Å². The lowest BCUT2D eigenvalue weighted by Gasteiger charge is -2.15. The minimum atomic E-state index is -0.937. The number of ether oxygens (including phenoxy) is 2. The summed E-state index contributed by atoms with van der Waals surface area (Å²) in [5, 5.41) is 12.7. The van der Waals surface area contributed by atoms with E-state index in [1.54, 1.807) is 6.07 Å². The number of nitro benzene ring substituents is 1. The van der Waals surface area contributed by atoms with Gasteiger partial charge in [0.1, 0.15) is 11.5 Å². The molecule has 0 aliphatic carbocycles. The Bertz CT molecular complexity index is 1070. The van der Waals surface area contributed by atoms with Crippen LogP contribution in [0.1, 0.15) is 6.92 Å². The van der Waals surface area contributed by atoms with Gasteiger partial charge in [0, 0.05) is 12.1 Å². The molecule has 0 heterocycles. The van der Waals surface area contributed by atoms with E-state index in [0.717, 1.165) is 10.8 Å². The Balaban J connectivity index is 1.43. The van der Waals surface area contributed by atoms with Crippen molar-refractivity contribution in [3.63, 3.8) is 0 Å². The Morgan fingerprint density at radius 2 is 1.63 bits per heavy atom. The number of amides is 2. The molecule has 1 atom stereocenters. The predicted octanol–water partition coefficient (Wildman–Crippen LogP) is 2.74. The monoisotopic (exact) mass is 409 g/mol. The van der Waals surface area contributed by atoms with Crippen LogP contribution in [0.3, 0.4) is 0 Å². The van der Waals surface area contributed by atoms with E-state index in [9.17, 15) is 19.7 Å². The SMILES string of the molecule is CC(Oc1ccc([N+](=O)[O-])cc1)C(=O)NNC(=O)COc1ccc2ccccc2c1. The minimum absolute atomic E-state index is 0.0851. The van der Waals surface area contributed by atoms with E-state index >= 15 is 0 Å². The van der Waals surface area contributed by atoms with Crippen molar-refractivity contribution in [3.05, 3.63) is 76.8 Å². The highest BCUT2D eigenvalue weighted by Crippen LogP contribution is 2.20. The number of nitrogens with one attached hydrogen (secondary N) is 2. The molecular weight excluding hydrogens is 390 g/mol. The summed E-state index contributed by atoms with van der Waals surface area (Å²) in [6.45, 7) is 1.20. The van der Waals surface area contributed by atoms with Crippen LogP contribution in [0.5, 0.6) is 11.5 Å². The molecule has 0 saturated carbocycles. The zero-order chi connectivity index (χ0) is 21.5. The van der Waals surface area contributed by atoms with Crippen molar-refractivity contribution in [2.45, 2.75) is 13.0 Å². The number of nitro groups is 1. The maximum Gasteiger partial charge on any atom is 0.279 e. The zero-order valence-electron chi connectivity index (χ0n) is 16.0. The lowest BCUT2D eigenvalue weighted by molar-refractivity contribution is -0.384. The Hall–Kier alpha value is -4.14. The van der Waals surface area contributed by atoms with Gasteiger partial charge in [0.15, 0.2) is 12.7 Å². The number of non-ortho nitro benzene ring substituents is 1. The summed E-state index contributed by atoms with van der Waals surface area (Å²) < 4.78 is 10.8. The standard InChI is InChI=1S/C21H19N3O6/c1-14(30-18-10-7-17(8-11-18)24(27)28)21(26)23-22-20(25)13-29-19-9-6-15-4-2-3-5-16(15)12-19/h2-12,14H,13H2,1H3,(H,22,25)(H,23,26). The van der Waals surface area contributed by atoms with Crippen molar-refractivity contribution in [1.82, 2.24) is 10.9 Å². The van der Waals surface area contributed by atoms with Crippen LogP contribution in [0.25, 0.3) is 10.8 Å². The lowest BCUT2D eigenvalue weighted by atomic mass is 10.1. The Labute approximate surface area is 171 Å².